The first kappa shape index (κ1) is 13.6. The SMILES string of the molecule is Cc1nn(C)c(C)c1CNCC1CCC(C)CC1. The predicted molar refractivity (Wildman–Crippen MR) is 75.5 cm³/mol. The first-order chi connectivity index (χ1) is 8.58. The van der Waals surface area contributed by atoms with Crippen LogP contribution in [-0.2, 0) is 13.6 Å². The molecule has 1 aliphatic carbocycles. The number of aromatic nitrogens is 2. The zero-order valence-corrected chi connectivity index (χ0v) is 12.3. The Morgan fingerprint density at radius 2 is 1.89 bits per heavy atom. The minimum atomic E-state index is 0.887. The van der Waals surface area contributed by atoms with Crippen molar-refractivity contribution in [3.05, 3.63) is 17.0 Å². The Hall–Kier alpha value is -0.830. The lowest BCUT2D eigenvalue weighted by atomic mass is 9.83. The zero-order valence-electron chi connectivity index (χ0n) is 12.3. The summed E-state index contributed by atoms with van der Waals surface area (Å²) in [6.45, 7) is 8.77. The maximum absolute atomic E-state index is 4.46. The van der Waals surface area contributed by atoms with Crippen LogP contribution in [0.3, 0.4) is 0 Å². The highest BCUT2D eigenvalue weighted by Crippen LogP contribution is 2.27. The van der Waals surface area contributed by atoms with E-state index in [9.17, 15) is 0 Å². The van der Waals surface area contributed by atoms with E-state index in [0.29, 0.717) is 0 Å². The molecule has 18 heavy (non-hydrogen) atoms. The third kappa shape index (κ3) is 3.14. The van der Waals surface area contributed by atoms with Crippen LogP contribution in [0.4, 0.5) is 0 Å². The highest BCUT2D eigenvalue weighted by Gasteiger charge is 2.18. The van der Waals surface area contributed by atoms with Gasteiger partial charge in [0.25, 0.3) is 0 Å². The molecule has 3 heteroatoms. The van der Waals surface area contributed by atoms with Crippen LogP contribution in [0.1, 0.15) is 49.6 Å². The molecule has 0 unspecified atom stereocenters. The average molecular weight is 249 g/mol. The van der Waals surface area contributed by atoms with Crippen LogP contribution in [0.15, 0.2) is 0 Å². The van der Waals surface area contributed by atoms with Gasteiger partial charge < -0.3 is 5.32 Å². The Balaban J connectivity index is 1.78. The van der Waals surface area contributed by atoms with E-state index in [1.54, 1.807) is 0 Å². The second-order valence-corrected chi connectivity index (χ2v) is 6.03. The van der Waals surface area contributed by atoms with Crippen molar-refractivity contribution in [2.24, 2.45) is 18.9 Å². The fourth-order valence-corrected chi connectivity index (χ4v) is 3.01. The van der Waals surface area contributed by atoms with Gasteiger partial charge in [-0.3, -0.25) is 4.68 Å². The van der Waals surface area contributed by atoms with Crippen LogP contribution >= 0.6 is 0 Å². The molecule has 1 aromatic heterocycles. The van der Waals surface area contributed by atoms with Crippen molar-refractivity contribution in [1.82, 2.24) is 15.1 Å². The molecular weight excluding hydrogens is 222 g/mol. The molecule has 1 saturated carbocycles. The summed E-state index contributed by atoms with van der Waals surface area (Å²) in [6.07, 6.45) is 5.63. The summed E-state index contributed by atoms with van der Waals surface area (Å²) in [5, 5.41) is 8.09. The summed E-state index contributed by atoms with van der Waals surface area (Å²) in [4.78, 5) is 0. The van der Waals surface area contributed by atoms with E-state index in [0.717, 1.165) is 18.4 Å². The summed E-state index contributed by atoms with van der Waals surface area (Å²) in [5.41, 5.74) is 3.83. The van der Waals surface area contributed by atoms with Gasteiger partial charge in [-0.15, -0.1) is 0 Å². The quantitative estimate of drug-likeness (QED) is 0.889. The van der Waals surface area contributed by atoms with Crippen LogP contribution < -0.4 is 5.32 Å². The molecule has 0 radical (unpaired) electrons. The number of hydrogen-bond acceptors (Lipinski definition) is 2. The summed E-state index contributed by atoms with van der Waals surface area (Å²) in [5.74, 6) is 1.84. The molecule has 1 aliphatic rings. The summed E-state index contributed by atoms with van der Waals surface area (Å²) in [7, 11) is 2.02. The highest BCUT2D eigenvalue weighted by molar-refractivity contribution is 5.23. The molecule has 0 bridgehead atoms. The van der Waals surface area contributed by atoms with E-state index < -0.39 is 0 Å². The number of nitrogens with one attached hydrogen (secondary N) is 1. The molecule has 1 N–H and O–H groups in total. The second kappa shape index (κ2) is 5.87. The van der Waals surface area contributed by atoms with Gasteiger partial charge in [0.15, 0.2) is 0 Å². The Labute approximate surface area is 111 Å². The van der Waals surface area contributed by atoms with Crippen molar-refractivity contribution < 1.29 is 0 Å². The van der Waals surface area contributed by atoms with Gasteiger partial charge in [0.05, 0.1) is 5.69 Å². The van der Waals surface area contributed by atoms with Gasteiger partial charge in [-0.1, -0.05) is 19.8 Å². The van der Waals surface area contributed by atoms with Crippen LogP contribution in [0.25, 0.3) is 0 Å². The van der Waals surface area contributed by atoms with E-state index in [-0.39, 0.29) is 0 Å². The lowest BCUT2D eigenvalue weighted by Crippen LogP contribution is -2.26. The smallest absolute Gasteiger partial charge is 0.0641 e. The molecule has 3 nitrogen and oxygen atoms in total. The molecule has 102 valence electrons. The number of hydrogen-bond donors (Lipinski definition) is 1. The topological polar surface area (TPSA) is 29.9 Å². The number of rotatable bonds is 4. The summed E-state index contributed by atoms with van der Waals surface area (Å²) >= 11 is 0. The minimum Gasteiger partial charge on any atom is -0.312 e. The normalized spacial score (nSPS) is 24.4. The lowest BCUT2D eigenvalue weighted by Gasteiger charge is -2.26. The Morgan fingerprint density at radius 3 is 2.44 bits per heavy atom. The fraction of sp³-hybridized carbons (Fsp3) is 0.800. The third-order valence-electron chi connectivity index (χ3n) is 4.53. The Bertz CT molecular complexity index is 387. The fourth-order valence-electron chi connectivity index (χ4n) is 3.01. The van der Waals surface area contributed by atoms with Gasteiger partial charge >= 0.3 is 0 Å². The van der Waals surface area contributed by atoms with E-state index in [1.165, 1.54) is 49.2 Å². The summed E-state index contributed by atoms with van der Waals surface area (Å²) < 4.78 is 1.98. The van der Waals surface area contributed by atoms with Crippen LogP contribution in [-0.4, -0.2) is 16.3 Å². The van der Waals surface area contributed by atoms with E-state index in [2.05, 4.69) is 31.2 Å². The molecule has 0 saturated heterocycles. The molecule has 0 aliphatic heterocycles. The largest absolute Gasteiger partial charge is 0.312 e. The molecule has 0 aromatic carbocycles. The molecule has 0 atom stereocenters. The average Bonchev–Trinajstić information content (AvgIpc) is 2.58. The van der Waals surface area contributed by atoms with Gasteiger partial charge in [-0.25, -0.2) is 0 Å². The monoisotopic (exact) mass is 249 g/mol. The van der Waals surface area contributed by atoms with Crippen molar-refractivity contribution >= 4 is 0 Å². The Kier molecular flexibility index (Phi) is 4.44. The van der Waals surface area contributed by atoms with Crippen LogP contribution in [0, 0.1) is 25.7 Å². The van der Waals surface area contributed by atoms with E-state index in [4.69, 9.17) is 0 Å². The molecule has 2 rings (SSSR count). The first-order valence-electron chi connectivity index (χ1n) is 7.27. The second-order valence-electron chi connectivity index (χ2n) is 6.03. The van der Waals surface area contributed by atoms with Crippen molar-refractivity contribution in [2.75, 3.05) is 6.54 Å². The molecule has 1 fully saturated rings. The van der Waals surface area contributed by atoms with Crippen molar-refractivity contribution in [1.29, 1.82) is 0 Å². The number of nitrogens with zero attached hydrogens (tertiary/aromatic N) is 2. The molecule has 1 aromatic rings. The highest BCUT2D eigenvalue weighted by atomic mass is 15.3. The molecule has 0 amide bonds. The van der Waals surface area contributed by atoms with Crippen molar-refractivity contribution in [2.45, 2.75) is 53.0 Å². The minimum absolute atomic E-state index is 0.887. The van der Waals surface area contributed by atoms with Crippen molar-refractivity contribution in [3.63, 3.8) is 0 Å². The van der Waals surface area contributed by atoms with Gasteiger partial charge in [0, 0.05) is 24.8 Å². The standard InChI is InChI=1S/C15H27N3/c1-11-5-7-14(8-6-11)9-16-10-15-12(2)17-18(4)13(15)3/h11,14,16H,5-10H2,1-4H3. The molecule has 1 heterocycles. The number of aryl methyl sites for hydroxylation is 2. The van der Waals surface area contributed by atoms with E-state index in [1.807, 2.05) is 11.7 Å². The summed E-state index contributed by atoms with van der Waals surface area (Å²) in [6, 6.07) is 0. The third-order valence-corrected chi connectivity index (χ3v) is 4.53. The molecule has 0 spiro atoms. The van der Waals surface area contributed by atoms with Crippen molar-refractivity contribution in [3.8, 4) is 0 Å². The van der Waals surface area contributed by atoms with Gasteiger partial charge in [0.2, 0.25) is 0 Å². The Morgan fingerprint density at radius 1 is 1.22 bits per heavy atom. The first-order valence-corrected chi connectivity index (χ1v) is 7.27. The van der Waals surface area contributed by atoms with Gasteiger partial charge in [-0.05, 0) is 45.1 Å². The molecular formula is C15H27N3. The maximum Gasteiger partial charge on any atom is 0.0641 e. The van der Waals surface area contributed by atoms with Gasteiger partial charge in [-0.2, -0.15) is 5.10 Å². The van der Waals surface area contributed by atoms with E-state index >= 15 is 0 Å². The van der Waals surface area contributed by atoms with Crippen LogP contribution in [0.2, 0.25) is 0 Å². The lowest BCUT2D eigenvalue weighted by molar-refractivity contribution is 0.281. The zero-order chi connectivity index (χ0) is 13.1. The van der Waals surface area contributed by atoms with Crippen LogP contribution in [0.5, 0.6) is 0 Å². The van der Waals surface area contributed by atoms with Gasteiger partial charge in [0.1, 0.15) is 0 Å². The predicted octanol–water partition coefficient (Wildman–Crippen LogP) is 2.95. The maximum atomic E-state index is 4.46.